The molecular formula is C15H27N3O3. The first kappa shape index (κ1) is 16.2. The smallest absolute Gasteiger partial charge is 0.248 e. The van der Waals surface area contributed by atoms with Crippen LogP contribution in [0.3, 0.4) is 0 Å². The van der Waals surface area contributed by atoms with Crippen LogP contribution in [0.2, 0.25) is 0 Å². The lowest BCUT2D eigenvalue weighted by Crippen LogP contribution is -2.51. The molecule has 0 radical (unpaired) electrons. The third-order valence-electron chi connectivity index (χ3n) is 4.48. The van der Waals surface area contributed by atoms with Crippen molar-refractivity contribution in [1.29, 1.82) is 0 Å². The van der Waals surface area contributed by atoms with Crippen LogP contribution < -0.4 is 5.32 Å². The lowest BCUT2D eigenvalue weighted by Gasteiger charge is -2.35. The van der Waals surface area contributed by atoms with Gasteiger partial charge in [0.1, 0.15) is 6.61 Å². The number of carbonyl (C=O) groups is 2. The molecule has 0 aromatic heterocycles. The van der Waals surface area contributed by atoms with Gasteiger partial charge in [-0.15, -0.1) is 0 Å². The Morgan fingerprint density at radius 1 is 1.05 bits per heavy atom. The van der Waals surface area contributed by atoms with E-state index in [0.717, 1.165) is 19.5 Å². The highest BCUT2D eigenvalue weighted by Crippen LogP contribution is 2.18. The maximum Gasteiger partial charge on any atom is 0.248 e. The molecule has 2 aliphatic rings. The van der Waals surface area contributed by atoms with Crippen LogP contribution in [0, 0.1) is 5.92 Å². The lowest BCUT2D eigenvalue weighted by atomic mass is 9.93. The van der Waals surface area contributed by atoms with Gasteiger partial charge in [0.25, 0.3) is 0 Å². The number of methoxy groups -OCH3 is 1. The Labute approximate surface area is 126 Å². The Morgan fingerprint density at radius 2 is 1.62 bits per heavy atom. The normalized spacial score (nSPS) is 20.6. The topological polar surface area (TPSA) is 61.9 Å². The van der Waals surface area contributed by atoms with Crippen molar-refractivity contribution < 1.29 is 14.3 Å². The predicted octanol–water partition coefficient (Wildman–Crippen LogP) is 0.0834. The van der Waals surface area contributed by atoms with Gasteiger partial charge in [-0.3, -0.25) is 9.59 Å². The molecule has 6 nitrogen and oxygen atoms in total. The molecule has 0 spiro atoms. The molecule has 0 unspecified atom stereocenters. The SMILES string of the molecule is COCC(=O)N1CCN(C(=O)CCC2CCNCC2)CC1. The molecule has 2 rings (SSSR count). The van der Waals surface area contributed by atoms with Crippen molar-refractivity contribution in [1.82, 2.24) is 15.1 Å². The van der Waals surface area contributed by atoms with Gasteiger partial charge in [0.2, 0.25) is 11.8 Å². The fourth-order valence-corrected chi connectivity index (χ4v) is 3.08. The van der Waals surface area contributed by atoms with E-state index in [1.807, 2.05) is 4.90 Å². The van der Waals surface area contributed by atoms with Crippen molar-refractivity contribution in [3.8, 4) is 0 Å². The zero-order chi connectivity index (χ0) is 15.1. The summed E-state index contributed by atoms with van der Waals surface area (Å²) in [5, 5.41) is 3.35. The van der Waals surface area contributed by atoms with Gasteiger partial charge in [0, 0.05) is 39.7 Å². The number of amides is 2. The molecule has 2 heterocycles. The molecule has 0 aromatic carbocycles. The second kappa shape index (κ2) is 8.34. The van der Waals surface area contributed by atoms with Gasteiger partial charge in [0.15, 0.2) is 0 Å². The molecule has 0 aromatic rings. The van der Waals surface area contributed by atoms with E-state index in [1.165, 1.54) is 20.0 Å². The summed E-state index contributed by atoms with van der Waals surface area (Å²) in [5.74, 6) is 0.950. The summed E-state index contributed by atoms with van der Waals surface area (Å²) >= 11 is 0. The summed E-state index contributed by atoms with van der Waals surface area (Å²) in [6.45, 7) is 4.85. The summed E-state index contributed by atoms with van der Waals surface area (Å²) in [6.07, 6.45) is 4.03. The molecule has 6 heteroatoms. The van der Waals surface area contributed by atoms with E-state index in [2.05, 4.69) is 5.32 Å². The van der Waals surface area contributed by atoms with Gasteiger partial charge < -0.3 is 19.9 Å². The van der Waals surface area contributed by atoms with E-state index in [1.54, 1.807) is 4.90 Å². The maximum atomic E-state index is 12.2. The molecule has 0 saturated carbocycles. The molecular weight excluding hydrogens is 270 g/mol. The number of hydrogen-bond donors (Lipinski definition) is 1. The van der Waals surface area contributed by atoms with Crippen molar-refractivity contribution in [3.63, 3.8) is 0 Å². The average Bonchev–Trinajstić information content (AvgIpc) is 2.54. The molecule has 0 bridgehead atoms. The molecule has 21 heavy (non-hydrogen) atoms. The predicted molar refractivity (Wildman–Crippen MR) is 79.9 cm³/mol. The van der Waals surface area contributed by atoms with Crippen molar-refractivity contribution >= 4 is 11.8 Å². The number of nitrogens with one attached hydrogen (secondary N) is 1. The number of piperazine rings is 1. The fourth-order valence-electron chi connectivity index (χ4n) is 3.08. The van der Waals surface area contributed by atoms with Crippen LogP contribution in [0.5, 0.6) is 0 Å². The second-order valence-electron chi connectivity index (χ2n) is 5.93. The first-order valence-electron chi connectivity index (χ1n) is 7.96. The Hall–Kier alpha value is -1.14. The first-order valence-corrected chi connectivity index (χ1v) is 7.96. The molecule has 1 N–H and O–H groups in total. The zero-order valence-electron chi connectivity index (χ0n) is 13.0. The molecule has 2 amide bonds. The summed E-state index contributed by atoms with van der Waals surface area (Å²) in [4.78, 5) is 27.6. The van der Waals surface area contributed by atoms with Crippen molar-refractivity contribution in [2.24, 2.45) is 5.92 Å². The van der Waals surface area contributed by atoms with Crippen LogP contribution in [-0.4, -0.2) is 74.6 Å². The average molecular weight is 297 g/mol. The molecule has 2 fully saturated rings. The van der Waals surface area contributed by atoms with Crippen LogP contribution in [0.25, 0.3) is 0 Å². The highest BCUT2D eigenvalue weighted by molar-refractivity contribution is 5.79. The van der Waals surface area contributed by atoms with E-state index in [-0.39, 0.29) is 18.4 Å². The molecule has 0 atom stereocenters. The minimum Gasteiger partial charge on any atom is -0.375 e. The molecule has 2 saturated heterocycles. The fraction of sp³-hybridized carbons (Fsp3) is 0.867. The largest absolute Gasteiger partial charge is 0.375 e. The molecule has 0 aliphatic carbocycles. The summed E-state index contributed by atoms with van der Waals surface area (Å²) in [6, 6.07) is 0. The van der Waals surface area contributed by atoms with Crippen LogP contribution in [-0.2, 0) is 14.3 Å². The molecule has 120 valence electrons. The van der Waals surface area contributed by atoms with Crippen molar-refractivity contribution in [2.75, 3.05) is 53.0 Å². The number of rotatable bonds is 5. The summed E-state index contributed by atoms with van der Waals surface area (Å²) in [5.41, 5.74) is 0. The van der Waals surface area contributed by atoms with Crippen LogP contribution in [0.15, 0.2) is 0 Å². The Kier molecular flexibility index (Phi) is 6.45. The minimum atomic E-state index is 0.0132. The van der Waals surface area contributed by atoms with Gasteiger partial charge in [-0.05, 0) is 38.3 Å². The monoisotopic (exact) mass is 297 g/mol. The Morgan fingerprint density at radius 3 is 2.19 bits per heavy atom. The highest BCUT2D eigenvalue weighted by Gasteiger charge is 2.24. The number of nitrogens with zero attached hydrogens (tertiary/aromatic N) is 2. The number of hydrogen-bond acceptors (Lipinski definition) is 4. The standard InChI is InChI=1S/C15H27N3O3/c1-21-12-15(20)18-10-8-17(9-11-18)14(19)3-2-13-4-6-16-7-5-13/h13,16H,2-12H2,1H3. The Bertz CT molecular complexity index is 348. The third kappa shape index (κ3) is 4.97. The highest BCUT2D eigenvalue weighted by atomic mass is 16.5. The zero-order valence-corrected chi connectivity index (χ0v) is 13.0. The number of carbonyl (C=O) groups excluding carboxylic acids is 2. The van der Waals surface area contributed by atoms with Gasteiger partial charge in [0.05, 0.1) is 0 Å². The van der Waals surface area contributed by atoms with E-state index in [0.29, 0.717) is 38.5 Å². The van der Waals surface area contributed by atoms with E-state index in [9.17, 15) is 9.59 Å². The summed E-state index contributed by atoms with van der Waals surface area (Å²) < 4.78 is 4.86. The van der Waals surface area contributed by atoms with Gasteiger partial charge in [-0.25, -0.2) is 0 Å². The third-order valence-corrected chi connectivity index (χ3v) is 4.48. The minimum absolute atomic E-state index is 0.0132. The van der Waals surface area contributed by atoms with E-state index < -0.39 is 0 Å². The summed E-state index contributed by atoms with van der Waals surface area (Å²) in [7, 11) is 1.53. The van der Waals surface area contributed by atoms with Gasteiger partial charge in [-0.1, -0.05) is 0 Å². The van der Waals surface area contributed by atoms with Crippen LogP contribution >= 0.6 is 0 Å². The first-order chi connectivity index (χ1) is 10.2. The van der Waals surface area contributed by atoms with E-state index >= 15 is 0 Å². The van der Waals surface area contributed by atoms with Crippen molar-refractivity contribution in [3.05, 3.63) is 0 Å². The molecule has 2 aliphatic heterocycles. The number of ether oxygens (including phenoxy) is 1. The Balaban J connectivity index is 1.66. The number of piperidine rings is 1. The van der Waals surface area contributed by atoms with Gasteiger partial charge >= 0.3 is 0 Å². The second-order valence-corrected chi connectivity index (χ2v) is 5.93. The maximum absolute atomic E-state index is 12.2. The lowest BCUT2D eigenvalue weighted by molar-refractivity contribution is -0.142. The van der Waals surface area contributed by atoms with Crippen LogP contribution in [0.4, 0.5) is 0 Å². The quantitative estimate of drug-likeness (QED) is 0.781. The van der Waals surface area contributed by atoms with Crippen molar-refractivity contribution in [2.45, 2.75) is 25.7 Å². The van der Waals surface area contributed by atoms with E-state index in [4.69, 9.17) is 4.74 Å². The van der Waals surface area contributed by atoms with Gasteiger partial charge in [-0.2, -0.15) is 0 Å². The van der Waals surface area contributed by atoms with Crippen LogP contribution in [0.1, 0.15) is 25.7 Å².